The Morgan fingerprint density at radius 2 is 1.35 bits per heavy atom. The predicted molar refractivity (Wildman–Crippen MR) is 80.5 cm³/mol. The number of aliphatic hydroxyl groups is 1. The summed E-state index contributed by atoms with van der Waals surface area (Å²) in [5, 5.41) is 34.9. The van der Waals surface area contributed by atoms with Crippen molar-refractivity contribution in [1.29, 1.82) is 0 Å². The van der Waals surface area contributed by atoms with Gasteiger partial charge in [0.25, 0.3) is 0 Å². The van der Waals surface area contributed by atoms with Crippen molar-refractivity contribution < 1.29 is 34.8 Å². The van der Waals surface area contributed by atoms with Crippen LogP contribution in [0, 0.1) is 0 Å². The molecular weight excluding hydrogens is 304 g/mol. The number of carboxylic acid groups (broad SMARTS) is 1. The standard InChI is InChI=1S/C9H10O4.C7H6O3/c10-5-6-13-9(12)7-3-1-2-4-8(7)11;8-6-4-2-1-3-5(6)7(9)10/h1-4,10-11H,5-6H2;1-4,8H,(H,9,10). The number of hydrogen-bond acceptors (Lipinski definition) is 6. The largest absolute Gasteiger partial charge is 0.507 e. The van der Waals surface area contributed by atoms with Crippen molar-refractivity contribution in [3.63, 3.8) is 0 Å². The molecule has 0 amide bonds. The normalized spacial score (nSPS) is 9.43. The summed E-state index contributed by atoms with van der Waals surface area (Å²) in [7, 11) is 0. The maximum absolute atomic E-state index is 11.1. The molecule has 2 rings (SSSR count). The second kappa shape index (κ2) is 9.06. The van der Waals surface area contributed by atoms with E-state index in [1.807, 2.05) is 0 Å². The first kappa shape index (κ1) is 18.0. The maximum Gasteiger partial charge on any atom is 0.341 e. The fourth-order valence-electron chi connectivity index (χ4n) is 1.52. The number of para-hydroxylation sites is 2. The van der Waals surface area contributed by atoms with E-state index in [-0.39, 0.29) is 35.8 Å². The minimum atomic E-state index is -1.11. The number of aromatic hydroxyl groups is 2. The molecule has 122 valence electrons. The maximum atomic E-state index is 11.1. The first-order valence-electron chi connectivity index (χ1n) is 6.54. The minimum absolute atomic E-state index is 0.0623. The molecule has 0 aliphatic heterocycles. The van der Waals surface area contributed by atoms with E-state index >= 15 is 0 Å². The molecule has 0 aliphatic carbocycles. The van der Waals surface area contributed by atoms with Crippen LogP contribution >= 0.6 is 0 Å². The lowest BCUT2D eigenvalue weighted by atomic mass is 10.2. The van der Waals surface area contributed by atoms with E-state index in [9.17, 15) is 14.7 Å². The number of benzene rings is 2. The zero-order chi connectivity index (χ0) is 17.2. The molecule has 0 fully saturated rings. The van der Waals surface area contributed by atoms with E-state index in [2.05, 4.69) is 4.74 Å². The molecule has 0 aliphatic rings. The average Bonchev–Trinajstić information content (AvgIpc) is 2.54. The lowest BCUT2D eigenvalue weighted by Gasteiger charge is -2.03. The number of carboxylic acids is 1. The Kier molecular flexibility index (Phi) is 7.09. The average molecular weight is 320 g/mol. The van der Waals surface area contributed by atoms with E-state index in [1.54, 1.807) is 24.3 Å². The van der Waals surface area contributed by atoms with Crippen LogP contribution in [0.5, 0.6) is 11.5 Å². The molecule has 0 heterocycles. The first-order chi connectivity index (χ1) is 11.0. The van der Waals surface area contributed by atoms with E-state index in [0.29, 0.717) is 0 Å². The zero-order valence-electron chi connectivity index (χ0n) is 12.0. The van der Waals surface area contributed by atoms with Crippen molar-refractivity contribution in [3.8, 4) is 11.5 Å². The molecule has 7 nitrogen and oxygen atoms in total. The van der Waals surface area contributed by atoms with Crippen LogP contribution in [0.1, 0.15) is 20.7 Å². The Bertz CT molecular complexity index is 667. The van der Waals surface area contributed by atoms with Gasteiger partial charge in [0.2, 0.25) is 0 Å². The van der Waals surface area contributed by atoms with Crippen molar-refractivity contribution in [2.24, 2.45) is 0 Å². The molecule has 7 heteroatoms. The van der Waals surface area contributed by atoms with Crippen LogP contribution in [0.15, 0.2) is 48.5 Å². The van der Waals surface area contributed by atoms with Gasteiger partial charge in [0.05, 0.1) is 6.61 Å². The van der Waals surface area contributed by atoms with Gasteiger partial charge in [-0.25, -0.2) is 9.59 Å². The smallest absolute Gasteiger partial charge is 0.341 e. The van der Waals surface area contributed by atoms with E-state index in [4.69, 9.17) is 15.3 Å². The molecule has 0 radical (unpaired) electrons. The van der Waals surface area contributed by atoms with Crippen LogP contribution in [-0.4, -0.2) is 45.6 Å². The van der Waals surface area contributed by atoms with Gasteiger partial charge in [-0.1, -0.05) is 24.3 Å². The van der Waals surface area contributed by atoms with E-state index in [1.165, 1.54) is 24.3 Å². The number of esters is 1. The van der Waals surface area contributed by atoms with Crippen LogP contribution in [0.25, 0.3) is 0 Å². The lowest BCUT2D eigenvalue weighted by molar-refractivity contribution is 0.0430. The van der Waals surface area contributed by atoms with E-state index < -0.39 is 11.9 Å². The Morgan fingerprint density at radius 1 is 0.870 bits per heavy atom. The summed E-state index contributed by atoms with van der Waals surface area (Å²) in [6.45, 7) is -0.285. The van der Waals surface area contributed by atoms with Crippen molar-refractivity contribution in [2.45, 2.75) is 0 Å². The van der Waals surface area contributed by atoms with Crippen LogP contribution in [-0.2, 0) is 4.74 Å². The summed E-state index contributed by atoms with van der Waals surface area (Å²) in [5.41, 5.74) is 0.0402. The quantitative estimate of drug-likeness (QED) is 0.631. The topological polar surface area (TPSA) is 124 Å². The van der Waals surface area contributed by atoms with Gasteiger partial charge < -0.3 is 25.2 Å². The Hall–Kier alpha value is -3.06. The molecule has 0 aromatic heterocycles. The minimum Gasteiger partial charge on any atom is -0.507 e. The van der Waals surface area contributed by atoms with Crippen LogP contribution in [0.3, 0.4) is 0 Å². The Balaban J connectivity index is 0.000000238. The number of phenolic OH excluding ortho intramolecular Hbond substituents is 1. The van der Waals surface area contributed by atoms with Gasteiger partial charge >= 0.3 is 11.9 Å². The third-order valence-electron chi connectivity index (χ3n) is 2.58. The number of rotatable bonds is 4. The highest BCUT2D eigenvalue weighted by atomic mass is 16.5. The molecule has 2 aromatic carbocycles. The zero-order valence-corrected chi connectivity index (χ0v) is 12.0. The lowest BCUT2D eigenvalue weighted by Crippen LogP contribution is -2.08. The number of hydrogen-bond donors (Lipinski definition) is 4. The molecule has 0 unspecified atom stereocenters. The van der Waals surface area contributed by atoms with Crippen LogP contribution in [0.4, 0.5) is 0 Å². The van der Waals surface area contributed by atoms with Gasteiger partial charge in [0, 0.05) is 0 Å². The summed E-state index contributed by atoms with van der Waals surface area (Å²) >= 11 is 0. The molecule has 23 heavy (non-hydrogen) atoms. The number of phenols is 2. The molecule has 4 N–H and O–H groups in total. The summed E-state index contributed by atoms with van der Waals surface area (Å²) in [5.74, 6) is -2.06. The number of aliphatic hydroxyl groups excluding tert-OH is 1. The van der Waals surface area contributed by atoms with Crippen LogP contribution < -0.4 is 0 Å². The molecule has 0 saturated heterocycles. The highest BCUT2D eigenvalue weighted by Crippen LogP contribution is 2.16. The van der Waals surface area contributed by atoms with Gasteiger partial charge in [0.15, 0.2) is 0 Å². The molecule has 0 bridgehead atoms. The monoisotopic (exact) mass is 320 g/mol. The molecule has 0 spiro atoms. The van der Waals surface area contributed by atoms with Gasteiger partial charge in [-0.05, 0) is 24.3 Å². The molecule has 2 aromatic rings. The number of carbonyl (C=O) groups is 2. The van der Waals surface area contributed by atoms with Gasteiger partial charge in [0.1, 0.15) is 29.2 Å². The third kappa shape index (κ3) is 5.68. The number of carbonyl (C=O) groups excluding carboxylic acids is 1. The summed E-state index contributed by atoms with van der Waals surface area (Å²) < 4.78 is 4.61. The third-order valence-corrected chi connectivity index (χ3v) is 2.58. The van der Waals surface area contributed by atoms with E-state index in [0.717, 1.165) is 0 Å². The van der Waals surface area contributed by atoms with Crippen molar-refractivity contribution in [1.82, 2.24) is 0 Å². The summed E-state index contributed by atoms with van der Waals surface area (Å²) in [4.78, 5) is 21.4. The van der Waals surface area contributed by atoms with Crippen molar-refractivity contribution in [2.75, 3.05) is 13.2 Å². The highest BCUT2D eigenvalue weighted by Gasteiger charge is 2.10. The predicted octanol–water partition coefficient (Wildman–Crippen LogP) is 1.63. The SMILES string of the molecule is O=C(O)c1ccccc1O.O=C(OCCO)c1ccccc1O. The van der Waals surface area contributed by atoms with Crippen molar-refractivity contribution in [3.05, 3.63) is 59.7 Å². The summed E-state index contributed by atoms with van der Waals surface area (Å²) in [6, 6.07) is 11.9. The number of aromatic carboxylic acids is 1. The summed E-state index contributed by atoms with van der Waals surface area (Å²) in [6.07, 6.45) is 0. The Morgan fingerprint density at radius 3 is 1.74 bits per heavy atom. The first-order valence-corrected chi connectivity index (χ1v) is 6.54. The fraction of sp³-hybridized carbons (Fsp3) is 0.125. The second-order valence-electron chi connectivity index (χ2n) is 4.20. The van der Waals surface area contributed by atoms with Crippen molar-refractivity contribution >= 4 is 11.9 Å². The number of ether oxygens (including phenoxy) is 1. The Labute approximate surface area is 132 Å². The molecule has 0 atom stereocenters. The van der Waals surface area contributed by atoms with Gasteiger partial charge in [-0.15, -0.1) is 0 Å². The molecule has 0 saturated carbocycles. The van der Waals surface area contributed by atoms with Gasteiger partial charge in [-0.3, -0.25) is 0 Å². The fourth-order valence-corrected chi connectivity index (χ4v) is 1.52. The highest BCUT2D eigenvalue weighted by molar-refractivity contribution is 5.92. The van der Waals surface area contributed by atoms with Gasteiger partial charge in [-0.2, -0.15) is 0 Å². The van der Waals surface area contributed by atoms with Crippen LogP contribution in [0.2, 0.25) is 0 Å². The second-order valence-corrected chi connectivity index (χ2v) is 4.20. The molecular formula is C16H16O7.